The maximum absolute atomic E-state index is 11.9. The lowest BCUT2D eigenvalue weighted by atomic mass is 10.2. The fraction of sp³-hybridized carbons (Fsp3) is 0.467. The standard InChI is InChI=1S/C15H19N3O3S.ClH/c1-20-10-4-5-12-13(7-10)22-15(17-12)18-14(19)9-16-8-11-3-2-6-21-11;/h4-5,7,11,16H,2-3,6,8-9H2,1H3,(H,17,18,19);1H. The number of benzene rings is 1. The van der Waals surface area contributed by atoms with Crippen LogP contribution in [0.3, 0.4) is 0 Å². The maximum Gasteiger partial charge on any atom is 0.240 e. The number of methoxy groups -OCH3 is 1. The minimum Gasteiger partial charge on any atom is -0.497 e. The normalized spacial score (nSPS) is 17.0. The van der Waals surface area contributed by atoms with Gasteiger partial charge in [0.05, 0.1) is 30.0 Å². The highest BCUT2D eigenvalue weighted by molar-refractivity contribution is 7.22. The molecule has 1 aliphatic heterocycles. The van der Waals surface area contributed by atoms with Gasteiger partial charge in [0, 0.05) is 13.2 Å². The SMILES string of the molecule is COc1ccc2nc(NC(=O)CNCC3CCCO3)sc2c1.Cl. The summed E-state index contributed by atoms with van der Waals surface area (Å²) < 4.78 is 11.7. The van der Waals surface area contributed by atoms with E-state index in [1.54, 1.807) is 7.11 Å². The predicted molar refractivity (Wildman–Crippen MR) is 93.9 cm³/mol. The van der Waals surface area contributed by atoms with Gasteiger partial charge in [-0.2, -0.15) is 0 Å². The minimum absolute atomic E-state index is 0. The molecule has 2 N–H and O–H groups in total. The van der Waals surface area contributed by atoms with Gasteiger partial charge >= 0.3 is 0 Å². The molecule has 3 rings (SSSR count). The lowest BCUT2D eigenvalue weighted by molar-refractivity contribution is -0.115. The second-order valence-corrected chi connectivity index (χ2v) is 6.20. The van der Waals surface area contributed by atoms with E-state index in [4.69, 9.17) is 9.47 Å². The second-order valence-electron chi connectivity index (χ2n) is 5.17. The van der Waals surface area contributed by atoms with Crippen molar-refractivity contribution in [1.82, 2.24) is 10.3 Å². The first-order chi connectivity index (χ1) is 10.7. The van der Waals surface area contributed by atoms with E-state index >= 15 is 0 Å². The Morgan fingerprint density at radius 2 is 2.39 bits per heavy atom. The van der Waals surface area contributed by atoms with Crippen LogP contribution in [0, 0.1) is 0 Å². The Hall–Kier alpha value is -1.41. The van der Waals surface area contributed by atoms with Crippen LogP contribution in [0.4, 0.5) is 5.13 Å². The highest BCUT2D eigenvalue weighted by atomic mass is 35.5. The molecule has 1 fully saturated rings. The minimum atomic E-state index is -0.0935. The van der Waals surface area contributed by atoms with Crippen LogP contribution in [-0.4, -0.2) is 43.8 Å². The molecular formula is C15H20ClN3O3S. The summed E-state index contributed by atoms with van der Waals surface area (Å²) in [5.74, 6) is 0.691. The summed E-state index contributed by atoms with van der Waals surface area (Å²) >= 11 is 1.44. The monoisotopic (exact) mass is 357 g/mol. The summed E-state index contributed by atoms with van der Waals surface area (Å²) in [5.41, 5.74) is 0.855. The smallest absolute Gasteiger partial charge is 0.240 e. The zero-order valence-corrected chi connectivity index (χ0v) is 14.5. The van der Waals surface area contributed by atoms with E-state index in [9.17, 15) is 4.79 Å². The van der Waals surface area contributed by atoms with Crippen LogP contribution in [0.25, 0.3) is 10.2 Å². The van der Waals surface area contributed by atoms with Gasteiger partial charge in [0.25, 0.3) is 0 Å². The number of nitrogens with one attached hydrogen (secondary N) is 2. The molecule has 1 saturated heterocycles. The van der Waals surface area contributed by atoms with Crippen LogP contribution in [0.2, 0.25) is 0 Å². The van der Waals surface area contributed by atoms with E-state index in [0.29, 0.717) is 11.7 Å². The van der Waals surface area contributed by atoms with Crippen molar-refractivity contribution in [3.63, 3.8) is 0 Å². The number of fused-ring (bicyclic) bond motifs is 1. The first-order valence-corrected chi connectivity index (χ1v) is 8.13. The van der Waals surface area contributed by atoms with E-state index in [1.165, 1.54) is 11.3 Å². The van der Waals surface area contributed by atoms with Crippen molar-refractivity contribution in [2.24, 2.45) is 0 Å². The number of amides is 1. The van der Waals surface area contributed by atoms with Gasteiger partial charge in [0.15, 0.2) is 5.13 Å². The van der Waals surface area contributed by atoms with E-state index in [0.717, 1.165) is 35.4 Å². The summed E-state index contributed by atoms with van der Waals surface area (Å²) in [6.07, 6.45) is 2.41. The van der Waals surface area contributed by atoms with E-state index in [2.05, 4.69) is 15.6 Å². The largest absolute Gasteiger partial charge is 0.497 e. The first-order valence-electron chi connectivity index (χ1n) is 7.31. The molecule has 1 unspecified atom stereocenters. The van der Waals surface area contributed by atoms with Gasteiger partial charge in [0.2, 0.25) is 5.91 Å². The van der Waals surface area contributed by atoms with Crippen molar-refractivity contribution < 1.29 is 14.3 Å². The molecule has 6 nitrogen and oxygen atoms in total. The summed E-state index contributed by atoms with van der Waals surface area (Å²) in [6.45, 7) is 1.80. The summed E-state index contributed by atoms with van der Waals surface area (Å²) in [5, 5.41) is 6.54. The third-order valence-corrected chi connectivity index (χ3v) is 4.46. The highest BCUT2D eigenvalue weighted by Gasteiger charge is 2.15. The molecule has 2 aromatic rings. The molecule has 0 radical (unpaired) electrons. The molecule has 23 heavy (non-hydrogen) atoms. The lowest BCUT2D eigenvalue weighted by Gasteiger charge is -2.09. The van der Waals surface area contributed by atoms with Gasteiger partial charge in [-0.1, -0.05) is 11.3 Å². The summed E-state index contributed by atoms with van der Waals surface area (Å²) in [7, 11) is 1.63. The zero-order chi connectivity index (χ0) is 15.4. The molecule has 1 aliphatic rings. The average Bonchev–Trinajstić information content (AvgIpc) is 3.15. The number of hydrogen-bond donors (Lipinski definition) is 2. The van der Waals surface area contributed by atoms with Crippen LogP contribution < -0.4 is 15.4 Å². The van der Waals surface area contributed by atoms with Crippen molar-refractivity contribution in [3.8, 4) is 5.75 Å². The highest BCUT2D eigenvalue weighted by Crippen LogP contribution is 2.28. The molecule has 0 saturated carbocycles. The molecule has 0 spiro atoms. The predicted octanol–water partition coefficient (Wildman–Crippen LogP) is 2.43. The summed E-state index contributed by atoms with van der Waals surface area (Å²) in [4.78, 5) is 16.3. The van der Waals surface area contributed by atoms with Crippen molar-refractivity contribution >= 4 is 45.0 Å². The number of anilines is 1. The molecule has 126 valence electrons. The van der Waals surface area contributed by atoms with E-state index < -0.39 is 0 Å². The van der Waals surface area contributed by atoms with Crippen molar-refractivity contribution in [3.05, 3.63) is 18.2 Å². The Labute approximate surface area is 145 Å². The fourth-order valence-corrected chi connectivity index (χ4v) is 3.31. The van der Waals surface area contributed by atoms with Gasteiger partial charge in [-0.05, 0) is 31.0 Å². The number of halogens is 1. The molecule has 8 heteroatoms. The Morgan fingerprint density at radius 1 is 1.52 bits per heavy atom. The molecule has 1 aromatic carbocycles. The first kappa shape index (κ1) is 17.9. The van der Waals surface area contributed by atoms with Crippen LogP contribution in [-0.2, 0) is 9.53 Å². The van der Waals surface area contributed by atoms with Crippen LogP contribution >= 0.6 is 23.7 Å². The molecule has 1 atom stereocenters. The quantitative estimate of drug-likeness (QED) is 0.830. The van der Waals surface area contributed by atoms with Crippen LogP contribution in [0.1, 0.15) is 12.8 Å². The molecule has 0 bridgehead atoms. The van der Waals surface area contributed by atoms with Crippen LogP contribution in [0.5, 0.6) is 5.75 Å². The molecule has 1 aromatic heterocycles. The maximum atomic E-state index is 11.9. The molecule has 2 heterocycles. The fourth-order valence-electron chi connectivity index (χ4n) is 2.40. The second kappa shape index (κ2) is 8.44. The topological polar surface area (TPSA) is 72.5 Å². The number of carbonyl (C=O) groups excluding carboxylic acids is 1. The van der Waals surface area contributed by atoms with E-state index in [1.807, 2.05) is 18.2 Å². The van der Waals surface area contributed by atoms with Crippen molar-refractivity contribution in [2.75, 3.05) is 32.1 Å². The van der Waals surface area contributed by atoms with Crippen LogP contribution in [0.15, 0.2) is 18.2 Å². The van der Waals surface area contributed by atoms with Gasteiger partial charge in [-0.3, -0.25) is 4.79 Å². The Kier molecular flexibility index (Phi) is 6.59. The van der Waals surface area contributed by atoms with E-state index in [-0.39, 0.29) is 31.0 Å². The Balaban J connectivity index is 0.00000192. The number of carbonyl (C=O) groups is 1. The van der Waals surface area contributed by atoms with Crippen molar-refractivity contribution in [2.45, 2.75) is 18.9 Å². The lowest BCUT2D eigenvalue weighted by Crippen LogP contribution is -2.33. The number of aromatic nitrogens is 1. The van der Waals surface area contributed by atoms with Gasteiger partial charge in [-0.15, -0.1) is 12.4 Å². The summed E-state index contributed by atoms with van der Waals surface area (Å²) in [6, 6.07) is 5.66. The van der Waals surface area contributed by atoms with Gasteiger partial charge < -0.3 is 20.1 Å². The third-order valence-electron chi connectivity index (χ3n) is 3.52. The molecular weight excluding hydrogens is 338 g/mol. The van der Waals surface area contributed by atoms with Gasteiger partial charge in [-0.25, -0.2) is 4.98 Å². The number of ether oxygens (including phenoxy) is 2. The zero-order valence-electron chi connectivity index (χ0n) is 12.8. The van der Waals surface area contributed by atoms with Gasteiger partial charge in [0.1, 0.15) is 5.75 Å². The Morgan fingerprint density at radius 3 is 3.13 bits per heavy atom. The molecule has 0 aliphatic carbocycles. The number of thiazole rings is 1. The molecule has 1 amide bonds. The third kappa shape index (κ3) is 4.78. The number of nitrogens with zero attached hydrogens (tertiary/aromatic N) is 1. The number of hydrogen-bond acceptors (Lipinski definition) is 6. The average molecular weight is 358 g/mol. The Bertz CT molecular complexity index is 658. The van der Waals surface area contributed by atoms with Crippen molar-refractivity contribution in [1.29, 1.82) is 0 Å². The number of rotatable bonds is 6.